The monoisotopic (exact) mass is 727 g/mol. The van der Waals surface area contributed by atoms with E-state index in [2.05, 4.69) is 5.32 Å². The molecule has 1 saturated carbocycles. The molecule has 1 amide bonds. The molecule has 1 aromatic carbocycles. The van der Waals surface area contributed by atoms with E-state index in [9.17, 15) is 44.4 Å². The summed E-state index contributed by atoms with van der Waals surface area (Å²) in [5.74, 6) is -2.54. The smallest absolute Gasteiger partial charge is 0.330 e. The van der Waals surface area contributed by atoms with E-state index in [-0.39, 0.29) is 18.2 Å². The first-order chi connectivity index (χ1) is 25.0. The van der Waals surface area contributed by atoms with Gasteiger partial charge in [-0.25, -0.2) is 4.79 Å². The van der Waals surface area contributed by atoms with Crippen LogP contribution in [0.5, 0.6) is 0 Å². The zero-order valence-electron chi connectivity index (χ0n) is 29.1. The Labute approximate surface area is 300 Å². The minimum atomic E-state index is -1.57. The minimum Gasteiger partial charge on any atom is -0.462 e. The zero-order valence-corrected chi connectivity index (χ0v) is 29.1. The number of carbonyl (C=O) groups is 3. The van der Waals surface area contributed by atoms with Crippen molar-refractivity contribution in [3.8, 4) is 0 Å². The molecule has 0 radical (unpaired) electrons. The molecule has 0 spiro atoms. The maximum atomic E-state index is 12.9. The van der Waals surface area contributed by atoms with Crippen LogP contribution in [0, 0.1) is 11.8 Å². The fourth-order valence-corrected chi connectivity index (χ4v) is 6.42. The number of hydrogen-bond donors (Lipinski definition) is 6. The van der Waals surface area contributed by atoms with E-state index in [1.165, 1.54) is 0 Å². The third-order valence-electron chi connectivity index (χ3n) is 9.19. The molecule has 1 aliphatic carbocycles. The van der Waals surface area contributed by atoms with Gasteiger partial charge in [-0.1, -0.05) is 48.6 Å². The van der Waals surface area contributed by atoms with Gasteiger partial charge < -0.3 is 40.0 Å². The first kappa shape index (κ1) is 40.4. The number of aromatic nitrogens is 2. The lowest BCUT2D eigenvalue weighted by Crippen LogP contribution is -2.37. The summed E-state index contributed by atoms with van der Waals surface area (Å²) in [5, 5.41) is 45.1. The summed E-state index contributed by atoms with van der Waals surface area (Å²) in [7, 11) is 0. The summed E-state index contributed by atoms with van der Waals surface area (Å²) in [6.07, 6.45) is 3.11. The molecular weight excluding hydrogens is 678 g/mol. The highest BCUT2D eigenvalue weighted by Crippen LogP contribution is 2.36. The maximum Gasteiger partial charge on any atom is 0.330 e. The highest BCUT2D eigenvalue weighted by molar-refractivity contribution is 5.91. The predicted octanol–water partition coefficient (Wildman–Crippen LogP) is 0.801. The summed E-state index contributed by atoms with van der Waals surface area (Å²) in [6.45, 7) is 1.92. The van der Waals surface area contributed by atoms with Crippen LogP contribution in [0.3, 0.4) is 0 Å². The van der Waals surface area contributed by atoms with Gasteiger partial charge in [0.05, 0.1) is 12.2 Å². The molecule has 1 saturated heterocycles. The van der Waals surface area contributed by atoms with Crippen LogP contribution in [-0.2, 0) is 35.0 Å². The zero-order chi connectivity index (χ0) is 37.6. The quantitative estimate of drug-likeness (QED) is 0.0543. The molecule has 2 aliphatic rings. The molecule has 0 bridgehead atoms. The molecule has 52 heavy (non-hydrogen) atoms. The second kappa shape index (κ2) is 20.0. The average molecular weight is 728 g/mol. The van der Waals surface area contributed by atoms with Crippen molar-refractivity contribution in [3.63, 3.8) is 0 Å². The Bertz CT molecular complexity index is 1640. The number of esters is 2. The number of aliphatic hydroxyl groups excluding tert-OH is 4. The van der Waals surface area contributed by atoms with Crippen LogP contribution in [-0.4, -0.2) is 97.6 Å². The third kappa shape index (κ3) is 11.8. The van der Waals surface area contributed by atoms with E-state index in [1.54, 1.807) is 12.2 Å². The van der Waals surface area contributed by atoms with E-state index in [4.69, 9.17) is 14.2 Å². The van der Waals surface area contributed by atoms with Crippen molar-refractivity contribution in [3.05, 3.63) is 93.3 Å². The van der Waals surface area contributed by atoms with Gasteiger partial charge >= 0.3 is 17.6 Å². The molecule has 4 rings (SSSR count). The fraction of sp³-hybridized carbons (Fsp3) is 0.541. The predicted molar refractivity (Wildman–Crippen MR) is 187 cm³/mol. The maximum absolute atomic E-state index is 12.9. The van der Waals surface area contributed by atoms with Crippen molar-refractivity contribution >= 4 is 17.8 Å². The van der Waals surface area contributed by atoms with Crippen molar-refractivity contribution < 1.29 is 49.0 Å². The number of benzene rings is 1. The largest absolute Gasteiger partial charge is 0.462 e. The lowest BCUT2D eigenvalue weighted by atomic mass is 9.89. The minimum absolute atomic E-state index is 0.00683. The number of aromatic amines is 1. The molecule has 9 atom stereocenters. The number of hydrogen-bond acceptors (Lipinski definition) is 12. The van der Waals surface area contributed by atoms with Crippen LogP contribution in [0.1, 0.15) is 63.7 Å². The molecule has 1 aliphatic heterocycles. The number of nitrogens with one attached hydrogen (secondary N) is 2. The molecule has 2 fully saturated rings. The molecular formula is C37H49N3O12. The summed E-state index contributed by atoms with van der Waals surface area (Å²) in [6, 6.07) is 10.6. The van der Waals surface area contributed by atoms with Gasteiger partial charge in [0.25, 0.3) is 5.56 Å². The molecule has 2 heterocycles. The topological polar surface area (TPSA) is 227 Å². The number of allylic oxidation sites excluding steroid dienone is 2. The number of ether oxygens (including phenoxy) is 3. The molecule has 6 N–H and O–H groups in total. The number of H-pyrrole nitrogens is 1. The summed E-state index contributed by atoms with van der Waals surface area (Å²) < 4.78 is 17.2. The van der Waals surface area contributed by atoms with Gasteiger partial charge in [-0.05, 0) is 56.6 Å². The first-order valence-corrected chi connectivity index (χ1v) is 17.6. The van der Waals surface area contributed by atoms with Crippen molar-refractivity contribution in [2.24, 2.45) is 11.8 Å². The SMILES string of the molecule is CCNC(=O)CCC/C=C\CC1C(O)CC(O)C1/C=C/C(CCc1ccccc1)OC(=O)CC(=O)OC[C@@H]1O[C@H](n2ccc(=O)[nH]c2=O)C(O)C1O. The van der Waals surface area contributed by atoms with Gasteiger partial charge in [0, 0.05) is 37.6 Å². The molecule has 15 nitrogen and oxygen atoms in total. The van der Waals surface area contributed by atoms with Gasteiger partial charge in [0.15, 0.2) is 6.23 Å². The van der Waals surface area contributed by atoms with Gasteiger partial charge in [-0.3, -0.25) is 28.7 Å². The molecule has 284 valence electrons. The summed E-state index contributed by atoms with van der Waals surface area (Å²) >= 11 is 0. The van der Waals surface area contributed by atoms with Crippen LogP contribution in [0.2, 0.25) is 0 Å². The number of aliphatic hydroxyl groups is 4. The summed E-state index contributed by atoms with van der Waals surface area (Å²) in [4.78, 5) is 62.7. The van der Waals surface area contributed by atoms with E-state index >= 15 is 0 Å². The first-order valence-electron chi connectivity index (χ1n) is 17.6. The number of unbranched alkanes of at least 4 members (excludes halogenated alkanes) is 1. The normalized spacial score (nSPS) is 26.5. The lowest BCUT2D eigenvalue weighted by Gasteiger charge is -2.21. The Kier molecular flexibility index (Phi) is 15.5. The number of aryl methyl sites for hydroxylation is 1. The van der Waals surface area contributed by atoms with Crippen molar-refractivity contribution in [1.82, 2.24) is 14.9 Å². The summed E-state index contributed by atoms with van der Waals surface area (Å²) in [5.41, 5.74) is -0.524. The van der Waals surface area contributed by atoms with Gasteiger partial charge in [0.2, 0.25) is 5.91 Å². The van der Waals surface area contributed by atoms with E-state index in [1.807, 2.05) is 54.4 Å². The van der Waals surface area contributed by atoms with Crippen molar-refractivity contribution in [1.29, 1.82) is 0 Å². The van der Waals surface area contributed by atoms with Crippen LogP contribution in [0.4, 0.5) is 0 Å². The van der Waals surface area contributed by atoms with Crippen LogP contribution < -0.4 is 16.6 Å². The second-order valence-electron chi connectivity index (χ2n) is 13.0. The highest BCUT2D eigenvalue weighted by atomic mass is 16.6. The molecule has 2 aromatic rings. The standard InChI is InChI=1S/C37H49N3O12/c1-2-38-30(43)13-9-4-3-8-12-25-26(28(42)20-27(25)41)17-16-24(15-14-23-10-6-5-7-11-23)51-33(46)21-32(45)50-22-29-34(47)35(48)36(52-29)40-19-18-31(44)39-37(40)49/h3,5-8,10-11,16-19,24-29,34-36,41-42,47-48H,2,4,9,12-15,20-22H2,1H3,(H,38,43)(H,39,44,49)/b8-3-,17-16+/t24?,25?,26?,27?,28?,29-,34?,35?,36-/m0/s1. The van der Waals surface area contributed by atoms with E-state index in [0.717, 1.165) is 22.4 Å². The van der Waals surface area contributed by atoms with E-state index < -0.39 is 85.0 Å². The number of amides is 1. The average Bonchev–Trinajstić information content (AvgIpc) is 3.54. The Morgan fingerprint density at radius 3 is 2.54 bits per heavy atom. The van der Waals surface area contributed by atoms with Gasteiger partial charge in [-0.2, -0.15) is 0 Å². The Hall–Kier alpha value is -4.41. The molecule has 1 aromatic heterocycles. The van der Waals surface area contributed by atoms with Crippen LogP contribution in [0.25, 0.3) is 0 Å². The Morgan fingerprint density at radius 1 is 1.04 bits per heavy atom. The third-order valence-corrected chi connectivity index (χ3v) is 9.19. The van der Waals surface area contributed by atoms with Crippen molar-refractivity contribution in [2.45, 2.75) is 101 Å². The van der Waals surface area contributed by atoms with Crippen LogP contribution in [0.15, 0.2) is 76.5 Å². The Balaban J connectivity index is 1.33. The molecule has 15 heteroatoms. The number of nitrogens with zero attached hydrogens (tertiary/aromatic N) is 1. The van der Waals surface area contributed by atoms with Crippen molar-refractivity contribution in [2.75, 3.05) is 13.2 Å². The molecule has 7 unspecified atom stereocenters. The lowest BCUT2D eigenvalue weighted by molar-refractivity contribution is -0.159. The van der Waals surface area contributed by atoms with E-state index in [0.29, 0.717) is 45.1 Å². The fourth-order valence-electron chi connectivity index (χ4n) is 6.42. The van der Waals surface area contributed by atoms with Gasteiger partial charge in [-0.15, -0.1) is 0 Å². The van der Waals surface area contributed by atoms with Gasteiger partial charge in [0.1, 0.15) is 37.4 Å². The number of carbonyl (C=O) groups excluding carboxylic acids is 3. The second-order valence-corrected chi connectivity index (χ2v) is 13.0. The Morgan fingerprint density at radius 2 is 1.81 bits per heavy atom. The highest BCUT2D eigenvalue weighted by Gasteiger charge is 2.45. The van der Waals surface area contributed by atoms with Crippen LogP contribution >= 0.6 is 0 Å². The number of rotatable bonds is 18.